The number of anilines is 1. The van der Waals surface area contributed by atoms with Gasteiger partial charge in [-0.15, -0.1) is 0 Å². The van der Waals surface area contributed by atoms with Crippen molar-refractivity contribution in [2.75, 3.05) is 12.0 Å². The van der Waals surface area contributed by atoms with Gasteiger partial charge in [0.15, 0.2) is 11.2 Å². The molecule has 0 spiro atoms. The van der Waals surface area contributed by atoms with Crippen LogP contribution in [0.5, 0.6) is 0 Å². The normalized spacial score (nSPS) is 22.9. The van der Waals surface area contributed by atoms with Crippen molar-refractivity contribution >= 4 is 23.5 Å². The molecule has 0 amide bonds. The third kappa shape index (κ3) is 2.62. The van der Waals surface area contributed by atoms with Gasteiger partial charge in [-0.25, -0.2) is 4.79 Å². The number of hydrogen-bond acceptors (Lipinski definition) is 6. The number of esters is 1. The zero-order valence-electron chi connectivity index (χ0n) is 16.6. The van der Waals surface area contributed by atoms with E-state index in [9.17, 15) is 20.1 Å². The fourth-order valence-corrected chi connectivity index (χ4v) is 4.71. The Labute approximate surface area is 174 Å². The predicted octanol–water partition coefficient (Wildman–Crippen LogP) is 3.46. The summed E-state index contributed by atoms with van der Waals surface area (Å²) in [7, 11) is 1.30. The Hall–Kier alpha value is -3.90. The van der Waals surface area contributed by atoms with Gasteiger partial charge in [0, 0.05) is 11.6 Å². The Morgan fingerprint density at radius 3 is 2.33 bits per heavy atom. The maximum Gasteiger partial charge on any atom is 0.337 e. The molecule has 148 valence electrons. The fourth-order valence-electron chi connectivity index (χ4n) is 4.71. The van der Waals surface area contributed by atoms with Crippen molar-refractivity contribution in [3.63, 3.8) is 0 Å². The van der Waals surface area contributed by atoms with Gasteiger partial charge in [-0.2, -0.15) is 10.5 Å². The van der Waals surface area contributed by atoms with Crippen LogP contribution in [0, 0.1) is 28.1 Å². The first-order chi connectivity index (χ1) is 14.5. The third-order valence-corrected chi connectivity index (χ3v) is 6.02. The van der Waals surface area contributed by atoms with Crippen molar-refractivity contribution in [1.82, 2.24) is 0 Å². The van der Waals surface area contributed by atoms with Gasteiger partial charge in [0.05, 0.1) is 36.9 Å². The van der Waals surface area contributed by atoms with E-state index in [1.54, 1.807) is 24.3 Å². The lowest BCUT2D eigenvalue weighted by Crippen LogP contribution is -2.43. The monoisotopic (exact) mass is 397 g/mol. The minimum absolute atomic E-state index is 0.125. The van der Waals surface area contributed by atoms with Crippen LogP contribution in [0.1, 0.15) is 34.3 Å². The number of ether oxygens (including phenoxy) is 1. The first-order valence-corrected chi connectivity index (χ1v) is 9.55. The highest BCUT2D eigenvalue weighted by Crippen LogP contribution is 2.55. The van der Waals surface area contributed by atoms with E-state index in [0.717, 1.165) is 11.3 Å². The molecular weight excluding hydrogens is 378 g/mol. The molecule has 2 aromatic rings. The molecule has 3 atom stereocenters. The summed E-state index contributed by atoms with van der Waals surface area (Å²) in [6.07, 6.45) is 3.74. The van der Waals surface area contributed by atoms with Crippen LogP contribution in [0.3, 0.4) is 0 Å². The van der Waals surface area contributed by atoms with Crippen molar-refractivity contribution in [3.8, 4) is 12.1 Å². The molecule has 4 rings (SSSR count). The van der Waals surface area contributed by atoms with Gasteiger partial charge >= 0.3 is 5.97 Å². The first-order valence-electron chi connectivity index (χ1n) is 9.55. The van der Waals surface area contributed by atoms with E-state index < -0.39 is 29.4 Å². The summed E-state index contributed by atoms with van der Waals surface area (Å²) >= 11 is 0. The molecule has 6 nitrogen and oxygen atoms in total. The number of hydrogen-bond donors (Lipinski definition) is 0. The Bertz CT molecular complexity index is 1120. The van der Waals surface area contributed by atoms with Crippen LogP contribution in [0.15, 0.2) is 54.6 Å². The molecule has 0 saturated carbocycles. The van der Waals surface area contributed by atoms with Crippen molar-refractivity contribution in [1.29, 1.82) is 10.5 Å². The minimum atomic E-state index is -1.47. The summed E-state index contributed by atoms with van der Waals surface area (Å²) < 4.78 is 4.75. The second-order valence-electron chi connectivity index (χ2n) is 7.51. The summed E-state index contributed by atoms with van der Waals surface area (Å²) in [6.45, 7) is 1.49. The first kappa shape index (κ1) is 19.4. The Morgan fingerprint density at radius 2 is 1.73 bits per heavy atom. The Balaban J connectivity index is 1.92. The van der Waals surface area contributed by atoms with Crippen LogP contribution in [-0.4, -0.2) is 30.9 Å². The quantitative estimate of drug-likeness (QED) is 0.736. The van der Waals surface area contributed by atoms with Crippen LogP contribution >= 0.6 is 0 Å². The van der Waals surface area contributed by atoms with E-state index in [0.29, 0.717) is 11.1 Å². The molecule has 1 saturated heterocycles. The summed E-state index contributed by atoms with van der Waals surface area (Å²) in [6, 6.07) is 17.5. The van der Waals surface area contributed by atoms with Crippen LogP contribution in [0.2, 0.25) is 0 Å². The third-order valence-electron chi connectivity index (χ3n) is 6.02. The number of methoxy groups -OCH3 is 1. The van der Waals surface area contributed by atoms with Crippen LogP contribution in [0.4, 0.5) is 5.69 Å². The van der Waals surface area contributed by atoms with Crippen LogP contribution < -0.4 is 4.90 Å². The average molecular weight is 397 g/mol. The number of ketones is 1. The lowest BCUT2D eigenvalue weighted by Gasteiger charge is -2.35. The molecule has 0 bridgehead atoms. The van der Waals surface area contributed by atoms with E-state index in [1.165, 1.54) is 14.0 Å². The number of Topliss-reactive ketones (excluding diaryl/α,β-unsaturated/α-hetero) is 1. The van der Waals surface area contributed by atoms with Gasteiger partial charge in [-0.1, -0.05) is 42.5 Å². The van der Waals surface area contributed by atoms with Gasteiger partial charge < -0.3 is 9.64 Å². The second-order valence-corrected chi connectivity index (χ2v) is 7.51. The van der Waals surface area contributed by atoms with Gasteiger partial charge in [0.1, 0.15) is 0 Å². The van der Waals surface area contributed by atoms with E-state index >= 15 is 0 Å². The molecule has 2 heterocycles. The van der Waals surface area contributed by atoms with Gasteiger partial charge in [0.25, 0.3) is 0 Å². The number of fused-ring (bicyclic) bond motifs is 3. The molecule has 0 unspecified atom stereocenters. The number of rotatable bonds is 3. The lowest BCUT2D eigenvalue weighted by molar-refractivity contribution is -0.118. The summed E-state index contributed by atoms with van der Waals surface area (Å²) in [4.78, 5) is 26.6. The molecule has 0 aromatic heterocycles. The molecule has 2 aliphatic heterocycles. The predicted molar refractivity (Wildman–Crippen MR) is 110 cm³/mol. The molecule has 6 heteroatoms. The second kappa shape index (κ2) is 7.17. The number of nitrogens with zero attached hydrogens (tertiary/aromatic N) is 3. The summed E-state index contributed by atoms with van der Waals surface area (Å²) in [5.74, 6) is -1.28. The van der Waals surface area contributed by atoms with E-state index in [1.807, 2.05) is 41.3 Å². The van der Waals surface area contributed by atoms with Crippen LogP contribution in [0.25, 0.3) is 6.08 Å². The van der Waals surface area contributed by atoms with Crippen molar-refractivity contribution < 1.29 is 14.3 Å². The zero-order valence-corrected chi connectivity index (χ0v) is 16.6. The van der Waals surface area contributed by atoms with Crippen molar-refractivity contribution in [2.24, 2.45) is 5.41 Å². The topological polar surface area (TPSA) is 94.2 Å². The number of carbonyl (C=O) groups excluding carboxylic acids is 2. The maximum atomic E-state index is 12.9. The van der Waals surface area contributed by atoms with E-state index in [4.69, 9.17) is 4.74 Å². The molecule has 2 aromatic carbocycles. The molecule has 0 aliphatic carbocycles. The zero-order chi connectivity index (χ0) is 21.5. The highest BCUT2D eigenvalue weighted by Gasteiger charge is 2.62. The summed E-state index contributed by atoms with van der Waals surface area (Å²) in [5, 5.41) is 20.4. The van der Waals surface area contributed by atoms with Crippen molar-refractivity contribution in [2.45, 2.75) is 24.9 Å². The molecule has 1 fully saturated rings. The number of para-hydroxylation sites is 1. The SMILES string of the molecule is COC(=O)c1ccc([C@H]2[C@@H](C(C)=O)N3c4ccccc4C=C[C@@H]3C2(C#N)C#N)cc1. The number of benzene rings is 2. The lowest BCUT2D eigenvalue weighted by atomic mass is 9.69. The fraction of sp³-hybridized carbons (Fsp3) is 0.250. The highest BCUT2D eigenvalue weighted by molar-refractivity contribution is 5.92. The Morgan fingerprint density at radius 1 is 1.07 bits per heavy atom. The minimum Gasteiger partial charge on any atom is -0.465 e. The van der Waals surface area contributed by atoms with Gasteiger partial charge in [-0.05, 0) is 36.2 Å². The van der Waals surface area contributed by atoms with E-state index in [2.05, 4.69) is 12.1 Å². The number of nitriles is 2. The molecule has 0 radical (unpaired) electrons. The molecule has 2 aliphatic rings. The average Bonchev–Trinajstić information content (AvgIpc) is 3.10. The van der Waals surface area contributed by atoms with Crippen LogP contribution in [-0.2, 0) is 9.53 Å². The summed E-state index contributed by atoms with van der Waals surface area (Å²) in [5.41, 5.74) is 1.32. The standard InChI is InChI=1S/C24H19N3O3/c1-15(28)22-21(17-7-9-18(10-8-17)23(29)30-2)24(13-25,14-26)20-12-11-16-5-3-4-6-19(16)27(20)22/h3-12,20-22H,1-2H3/t20-,21+,22-/m1/s1. The largest absolute Gasteiger partial charge is 0.465 e. The van der Waals surface area contributed by atoms with Gasteiger partial charge in [0.2, 0.25) is 0 Å². The smallest absolute Gasteiger partial charge is 0.337 e. The molecule has 0 N–H and O–H groups in total. The maximum absolute atomic E-state index is 12.9. The van der Waals surface area contributed by atoms with Crippen molar-refractivity contribution in [3.05, 3.63) is 71.3 Å². The van der Waals surface area contributed by atoms with E-state index in [-0.39, 0.29) is 5.78 Å². The number of carbonyl (C=O) groups is 2. The van der Waals surface area contributed by atoms with Gasteiger partial charge in [-0.3, -0.25) is 4.79 Å². The highest BCUT2D eigenvalue weighted by atomic mass is 16.5. The Kier molecular flexibility index (Phi) is 4.64. The molecule has 30 heavy (non-hydrogen) atoms. The molecular formula is C24H19N3O3.